The fraction of sp³-hybridized carbons (Fsp3) is 0.182. The van der Waals surface area contributed by atoms with Crippen LogP contribution < -0.4 is 0 Å². The Hall–Kier alpha value is -1.88. The Bertz CT molecular complexity index is 522. The number of nitrogens with zero attached hydrogens (tertiary/aromatic N) is 3. The molecule has 0 fully saturated rings. The second kappa shape index (κ2) is 4.97. The molecule has 1 aromatic heterocycles. The Kier molecular flexibility index (Phi) is 3.39. The molecule has 6 heteroatoms. The first-order chi connectivity index (χ1) is 8.20. The molecule has 0 atom stereocenters. The molecule has 0 aliphatic carbocycles. The third-order valence-electron chi connectivity index (χ3n) is 2.04. The van der Waals surface area contributed by atoms with E-state index in [2.05, 4.69) is 10.1 Å². The summed E-state index contributed by atoms with van der Waals surface area (Å²) in [6.45, 7) is 2.03. The Labute approximate surface area is 103 Å². The zero-order valence-corrected chi connectivity index (χ0v) is 9.89. The molecule has 0 aliphatic rings. The summed E-state index contributed by atoms with van der Waals surface area (Å²) in [7, 11) is 0. The molecule has 0 bridgehead atoms. The fourth-order valence-corrected chi connectivity index (χ4v) is 1.40. The molecule has 0 saturated carbocycles. The van der Waals surface area contributed by atoms with Crippen LogP contribution in [0, 0.1) is 0 Å². The molecule has 0 amide bonds. The standard InChI is InChI=1S/C11H10ClN3O2/c1-2-17-11(16)10-13-7-15(14-10)9-5-3-8(12)4-6-9/h3-7H,2H2,1H3. The monoisotopic (exact) mass is 251 g/mol. The summed E-state index contributed by atoms with van der Waals surface area (Å²) in [5.74, 6) is -0.484. The minimum Gasteiger partial charge on any atom is -0.460 e. The third kappa shape index (κ3) is 2.62. The van der Waals surface area contributed by atoms with Crippen molar-refractivity contribution >= 4 is 17.6 Å². The molecule has 0 unspecified atom stereocenters. The average molecular weight is 252 g/mol. The van der Waals surface area contributed by atoms with Gasteiger partial charge in [-0.2, -0.15) is 0 Å². The summed E-state index contributed by atoms with van der Waals surface area (Å²) < 4.78 is 6.29. The summed E-state index contributed by atoms with van der Waals surface area (Å²) in [6.07, 6.45) is 1.45. The predicted molar refractivity (Wildman–Crippen MR) is 62.3 cm³/mol. The number of benzene rings is 1. The number of carbonyl (C=O) groups excluding carboxylic acids is 1. The molecular formula is C11H10ClN3O2. The Morgan fingerprint density at radius 3 is 2.76 bits per heavy atom. The van der Waals surface area contributed by atoms with Crippen molar-refractivity contribution in [3.8, 4) is 5.69 Å². The molecule has 2 rings (SSSR count). The normalized spacial score (nSPS) is 10.2. The van der Waals surface area contributed by atoms with E-state index < -0.39 is 5.97 Å². The van der Waals surface area contributed by atoms with Crippen LogP contribution in [-0.4, -0.2) is 27.3 Å². The predicted octanol–water partition coefficient (Wildman–Crippen LogP) is 2.10. The zero-order valence-electron chi connectivity index (χ0n) is 9.13. The van der Waals surface area contributed by atoms with Gasteiger partial charge in [0.15, 0.2) is 0 Å². The van der Waals surface area contributed by atoms with E-state index in [1.807, 2.05) is 0 Å². The molecule has 17 heavy (non-hydrogen) atoms. The number of esters is 1. The fourth-order valence-electron chi connectivity index (χ4n) is 1.27. The first kappa shape index (κ1) is 11.6. The molecule has 5 nitrogen and oxygen atoms in total. The van der Waals surface area contributed by atoms with Crippen molar-refractivity contribution in [3.05, 3.63) is 41.4 Å². The summed E-state index contributed by atoms with van der Waals surface area (Å²) in [6, 6.07) is 7.04. The minimum atomic E-state index is -0.528. The van der Waals surface area contributed by atoms with Crippen LogP contribution >= 0.6 is 11.6 Å². The lowest BCUT2D eigenvalue weighted by Crippen LogP contribution is -2.07. The molecule has 0 radical (unpaired) electrons. The Morgan fingerprint density at radius 1 is 1.41 bits per heavy atom. The molecule has 88 valence electrons. The number of rotatable bonds is 3. The maximum Gasteiger partial charge on any atom is 0.378 e. The number of hydrogen-bond acceptors (Lipinski definition) is 4. The lowest BCUT2D eigenvalue weighted by atomic mass is 10.3. The van der Waals surface area contributed by atoms with Gasteiger partial charge < -0.3 is 4.74 Å². The second-order valence-electron chi connectivity index (χ2n) is 3.21. The molecule has 1 aromatic carbocycles. The number of hydrogen-bond donors (Lipinski definition) is 0. The van der Waals surface area contributed by atoms with Crippen LogP contribution in [-0.2, 0) is 4.74 Å². The van der Waals surface area contributed by atoms with Gasteiger partial charge in [-0.15, -0.1) is 5.10 Å². The van der Waals surface area contributed by atoms with Gasteiger partial charge in [-0.25, -0.2) is 14.5 Å². The van der Waals surface area contributed by atoms with Gasteiger partial charge >= 0.3 is 5.97 Å². The third-order valence-corrected chi connectivity index (χ3v) is 2.29. The average Bonchev–Trinajstić information content (AvgIpc) is 2.80. The highest BCUT2D eigenvalue weighted by molar-refractivity contribution is 6.30. The van der Waals surface area contributed by atoms with E-state index in [1.165, 1.54) is 11.0 Å². The molecule has 1 heterocycles. The topological polar surface area (TPSA) is 57.0 Å². The maximum atomic E-state index is 11.4. The van der Waals surface area contributed by atoms with Crippen molar-refractivity contribution in [3.63, 3.8) is 0 Å². The minimum absolute atomic E-state index is 0.0433. The first-order valence-electron chi connectivity index (χ1n) is 5.05. The smallest absolute Gasteiger partial charge is 0.378 e. The Balaban J connectivity index is 2.23. The van der Waals surface area contributed by atoms with Crippen LogP contribution in [0.1, 0.15) is 17.5 Å². The second-order valence-corrected chi connectivity index (χ2v) is 3.65. The van der Waals surface area contributed by atoms with E-state index in [0.29, 0.717) is 11.6 Å². The molecule has 0 N–H and O–H groups in total. The van der Waals surface area contributed by atoms with E-state index in [1.54, 1.807) is 31.2 Å². The van der Waals surface area contributed by atoms with Crippen LogP contribution in [0.25, 0.3) is 5.69 Å². The van der Waals surface area contributed by atoms with Crippen molar-refractivity contribution in [2.75, 3.05) is 6.61 Å². The first-order valence-corrected chi connectivity index (χ1v) is 5.43. The summed E-state index contributed by atoms with van der Waals surface area (Å²) in [4.78, 5) is 15.2. The quantitative estimate of drug-likeness (QED) is 0.784. The summed E-state index contributed by atoms with van der Waals surface area (Å²) in [5, 5.41) is 4.66. The summed E-state index contributed by atoms with van der Waals surface area (Å²) >= 11 is 5.78. The highest BCUT2D eigenvalue weighted by Crippen LogP contribution is 2.12. The van der Waals surface area contributed by atoms with E-state index >= 15 is 0 Å². The molecule has 0 aliphatic heterocycles. The highest BCUT2D eigenvalue weighted by Gasteiger charge is 2.12. The largest absolute Gasteiger partial charge is 0.460 e. The number of carbonyl (C=O) groups is 1. The lowest BCUT2D eigenvalue weighted by Gasteiger charge is -1.99. The number of ether oxygens (including phenoxy) is 1. The lowest BCUT2D eigenvalue weighted by molar-refractivity contribution is 0.0512. The van der Waals surface area contributed by atoms with Gasteiger partial charge in [0.25, 0.3) is 5.82 Å². The van der Waals surface area contributed by atoms with Gasteiger partial charge in [0.05, 0.1) is 12.3 Å². The van der Waals surface area contributed by atoms with Crippen molar-refractivity contribution in [2.24, 2.45) is 0 Å². The van der Waals surface area contributed by atoms with Crippen LogP contribution in [0.3, 0.4) is 0 Å². The molecule has 0 spiro atoms. The van der Waals surface area contributed by atoms with Crippen LogP contribution in [0.5, 0.6) is 0 Å². The molecule has 2 aromatic rings. The van der Waals surface area contributed by atoms with Crippen molar-refractivity contribution in [1.82, 2.24) is 14.8 Å². The summed E-state index contributed by atoms with van der Waals surface area (Å²) in [5.41, 5.74) is 0.775. The van der Waals surface area contributed by atoms with E-state index in [-0.39, 0.29) is 5.82 Å². The van der Waals surface area contributed by atoms with Gasteiger partial charge in [-0.3, -0.25) is 0 Å². The molecule has 0 saturated heterocycles. The highest BCUT2D eigenvalue weighted by atomic mass is 35.5. The zero-order chi connectivity index (χ0) is 12.3. The van der Waals surface area contributed by atoms with Gasteiger partial charge in [0.2, 0.25) is 0 Å². The SMILES string of the molecule is CCOC(=O)c1ncn(-c2ccc(Cl)cc2)n1. The number of halogens is 1. The van der Waals surface area contributed by atoms with Gasteiger partial charge in [0.1, 0.15) is 6.33 Å². The van der Waals surface area contributed by atoms with E-state index in [0.717, 1.165) is 5.69 Å². The van der Waals surface area contributed by atoms with Crippen LogP contribution in [0.4, 0.5) is 0 Å². The van der Waals surface area contributed by atoms with Crippen molar-refractivity contribution in [2.45, 2.75) is 6.92 Å². The maximum absolute atomic E-state index is 11.4. The molecular weight excluding hydrogens is 242 g/mol. The Morgan fingerprint density at radius 2 is 2.12 bits per heavy atom. The van der Waals surface area contributed by atoms with E-state index in [4.69, 9.17) is 16.3 Å². The van der Waals surface area contributed by atoms with Crippen LogP contribution in [0.2, 0.25) is 5.02 Å². The van der Waals surface area contributed by atoms with Gasteiger partial charge in [0, 0.05) is 5.02 Å². The van der Waals surface area contributed by atoms with Gasteiger partial charge in [-0.05, 0) is 31.2 Å². The van der Waals surface area contributed by atoms with E-state index in [9.17, 15) is 4.79 Å². The van der Waals surface area contributed by atoms with Crippen molar-refractivity contribution < 1.29 is 9.53 Å². The van der Waals surface area contributed by atoms with Crippen molar-refractivity contribution in [1.29, 1.82) is 0 Å². The number of aromatic nitrogens is 3. The van der Waals surface area contributed by atoms with Crippen LogP contribution in [0.15, 0.2) is 30.6 Å². The van der Waals surface area contributed by atoms with Gasteiger partial charge in [-0.1, -0.05) is 11.6 Å².